The first-order valence-corrected chi connectivity index (χ1v) is 5.53. The van der Waals surface area contributed by atoms with Crippen LogP contribution >= 0.6 is 0 Å². The third kappa shape index (κ3) is 29.2. The summed E-state index contributed by atoms with van der Waals surface area (Å²) in [6.07, 6.45) is 0. The van der Waals surface area contributed by atoms with Gasteiger partial charge in [0.25, 0.3) is 0 Å². The van der Waals surface area contributed by atoms with E-state index in [0.717, 1.165) is 0 Å². The van der Waals surface area contributed by atoms with Crippen molar-refractivity contribution in [1.82, 2.24) is 0 Å². The van der Waals surface area contributed by atoms with Crippen LogP contribution < -0.4 is 0 Å². The van der Waals surface area contributed by atoms with E-state index in [4.69, 9.17) is 7.67 Å². The third-order valence-corrected chi connectivity index (χ3v) is 1.80. The van der Waals surface area contributed by atoms with Crippen molar-refractivity contribution in [3.8, 4) is 0 Å². The molecule has 5 nitrogen and oxygen atoms in total. The molecule has 0 saturated carbocycles. The normalized spacial score (nSPS) is 7.50. The molecule has 0 heterocycles. The summed E-state index contributed by atoms with van der Waals surface area (Å²) in [5.74, 6) is 0. The van der Waals surface area contributed by atoms with E-state index in [1.54, 1.807) is 0 Å². The van der Waals surface area contributed by atoms with Crippen LogP contribution in [0.4, 0.5) is 0 Å². The zero-order chi connectivity index (χ0) is 6.83. The van der Waals surface area contributed by atoms with E-state index >= 15 is 0 Å². The topological polar surface area (TPSA) is 77.5 Å². The fraction of sp³-hybridized carbons (Fsp3) is 0. The van der Waals surface area contributed by atoms with Crippen molar-refractivity contribution in [2.45, 2.75) is 0 Å². The Labute approximate surface area is 64.6 Å². The second-order valence-electron chi connectivity index (χ2n) is 0.299. The molecule has 0 amide bonds. The fourth-order valence-electron chi connectivity index (χ4n) is 0.0136. The van der Waals surface area contributed by atoms with Crippen LogP contribution in [0, 0.1) is 0 Å². The molecule has 0 bridgehead atoms. The molecule has 0 aromatic carbocycles. The Bertz CT molecular complexity index is 86.6. The molecule has 0 N–H and O–H groups in total. The van der Waals surface area contributed by atoms with Crippen LogP contribution in [0.1, 0.15) is 0 Å². The summed E-state index contributed by atoms with van der Waals surface area (Å²) in [4.78, 5) is 0. The minimum atomic E-state index is -1.62. The second-order valence-corrected chi connectivity index (χ2v) is 3.33. The maximum absolute atomic E-state index is 9.22. The number of rotatable bonds is 2. The molecule has 8 heteroatoms. The first kappa shape index (κ1) is 11.6. The Hall–Kier alpha value is 0.796. The van der Waals surface area contributed by atoms with Crippen LogP contribution in [0.15, 0.2) is 0 Å². The Morgan fingerprint density at radius 2 is 1.38 bits per heavy atom. The Morgan fingerprint density at radius 3 is 1.38 bits per heavy atom. The number of hydrogen-bond acceptors (Lipinski definition) is 5. The zero-order valence-electron chi connectivity index (χ0n) is 3.34. The summed E-state index contributed by atoms with van der Waals surface area (Å²) in [5.41, 5.74) is 0. The van der Waals surface area contributed by atoms with Gasteiger partial charge in [0, 0.05) is 0 Å². The van der Waals surface area contributed by atoms with Crippen LogP contribution in [-0.2, 0) is 17.9 Å². The van der Waals surface area contributed by atoms with Gasteiger partial charge in [-0.05, 0) is 0 Å². The summed E-state index contributed by atoms with van der Waals surface area (Å²) >= 11 is -4.23. The van der Waals surface area contributed by atoms with E-state index < -0.39 is 46.9 Å². The molecule has 0 unspecified atom stereocenters. The second kappa shape index (κ2) is 15.7. The van der Waals surface area contributed by atoms with E-state index in [1.165, 1.54) is 0 Å². The average Bonchev–Trinajstić information content (AvgIpc) is 1.71. The molecular formula is As2O5Se. The summed E-state index contributed by atoms with van der Waals surface area (Å²) in [5, 5.41) is 0. The quantitative estimate of drug-likeness (QED) is 0.569. The Balaban J connectivity index is 0. The van der Waals surface area contributed by atoms with Gasteiger partial charge in [-0.3, -0.25) is 0 Å². The van der Waals surface area contributed by atoms with E-state index in [-0.39, 0.29) is 0 Å². The van der Waals surface area contributed by atoms with Gasteiger partial charge in [-0.2, -0.15) is 0 Å². The van der Waals surface area contributed by atoms with Crippen molar-refractivity contribution in [3.63, 3.8) is 0 Å². The van der Waals surface area contributed by atoms with E-state index in [2.05, 4.69) is 2.72 Å². The first-order chi connectivity index (χ1) is 3.83. The molecule has 8 heavy (non-hydrogen) atoms. The van der Waals surface area contributed by atoms with Gasteiger partial charge in [-0.1, -0.05) is 0 Å². The Morgan fingerprint density at radius 1 is 1.12 bits per heavy atom. The monoisotopic (exact) mass is 310 g/mol. The van der Waals surface area contributed by atoms with Gasteiger partial charge in [-0.15, -0.1) is 0 Å². The average molecular weight is 309 g/mol. The van der Waals surface area contributed by atoms with Crippen LogP contribution in [0.2, 0.25) is 0 Å². The van der Waals surface area contributed by atoms with Gasteiger partial charge in [-0.25, -0.2) is 0 Å². The molecule has 0 fully saturated rings. The SMILES string of the molecule is O=[As]O[As]=O.O=[Se]=O. The van der Waals surface area contributed by atoms with Crippen molar-refractivity contribution >= 4 is 46.9 Å². The Kier molecular flexibility index (Phi) is 22.6. The predicted molar refractivity (Wildman–Crippen MR) is 21.1 cm³/mol. The van der Waals surface area contributed by atoms with Gasteiger partial charge in [0.2, 0.25) is 0 Å². The molecule has 0 rings (SSSR count). The minimum absolute atomic E-state index is 1.30. The van der Waals surface area contributed by atoms with Gasteiger partial charge in [0.15, 0.2) is 0 Å². The zero-order valence-corrected chi connectivity index (χ0v) is 8.81. The van der Waals surface area contributed by atoms with Crippen LogP contribution in [0.3, 0.4) is 0 Å². The van der Waals surface area contributed by atoms with E-state index in [0.29, 0.717) is 0 Å². The molecule has 46 valence electrons. The maximum atomic E-state index is 9.22. The van der Waals surface area contributed by atoms with E-state index in [1.807, 2.05) is 0 Å². The van der Waals surface area contributed by atoms with Crippen molar-refractivity contribution in [2.75, 3.05) is 0 Å². The van der Waals surface area contributed by atoms with Crippen LogP contribution in [-0.4, -0.2) is 46.9 Å². The standard InChI is InChI=1S/As2O3.O2Se/c3-1-5-2-4;1-3-2. The molecule has 0 aliphatic carbocycles. The molecule has 0 aliphatic heterocycles. The van der Waals surface area contributed by atoms with Crippen molar-refractivity contribution < 1.29 is 17.9 Å². The summed E-state index contributed by atoms with van der Waals surface area (Å²) in [6, 6.07) is 0. The van der Waals surface area contributed by atoms with Gasteiger partial charge in [0.1, 0.15) is 0 Å². The third-order valence-electron chi connectivity index (χ3n) is 0.0667. The van der Waals surface area contributed by atoms with Gasteiger partial charge < -0.3 is 0 Å². The summed E-state index contributed by atoms with van der Waals surface area (Å²) in [7, 11) is 0. The van der Waals surface area contributed by atoms with Crippen LogP contribution in [0.5, 0.6) is 0 Å². The molecule has 0 saturated heterocycles. The summed E-state index contributed by atoms with van der Waals surface area (Å²) in [6.45, 7) is 0. The van der Waals surface area contributed by atoms with Gasteiger partial charge in [0.05, 0.1) is 0 Å². The fourth-order valence-corrected chi connectivity index (χ4v) is 0.367. The van der Waals surface area contributed by atoms with Crippen molar-refractivity contribution in [1.29, 1.82) is 0 Å². The van der Waals surface area contributed by atoms with Gasteiger partial charge >= 0.3 is 64.7 Å². The van der Waals surface area contributed by atoms with Crippen molar-refractivity contribution in [3.05, 3.63) is 0 Å². The predicted octanol–water partition coefficient (Wildman–Crippen LogP) is -1.69. The number of hydrogen-bond donors (Lipinski definition) is 0. The molecule has 0 atom stereocenters. The van der Waals surface area contributed by atoms with Crippen molar-refractivity contribution in [2.24, 2.45) is 0 Å². The molecule has 0 aromatic rings. The molecular weight excluding hydrogens is 309 g/mol. The summed E-state index contributed by atoms with van der Waals surface area (Å²) < 4.78 is 39.2. The van der Waals surface area contributed by atoms with E-state index in [9.17, 15) is 7.48 Å². The first-order valence-electron chi connectivity index (χ1n) is 1.06. The molecule has 0 aliphatic rings. The molecule has 0 radical (unpaired) electrons. The van der Waals surface area contributed by atoms with Crippen LogP contribution in [0.25, 0.3) is 0 Å². The molecule has 0 aromatic heterocycles. The molecule has 0 spiro atoms.